The van der Waals surface area contributed by atoms with Gasteiger partial charge in [-0.25, -0.2) is 8.42 Å². The van der Waals surface area contributed by atoms with Crippen molar-refractivity contribution in [3.8, 4) is 5.75 Å². The van der Waals surface area contributed by atoms with Gasteiger partial charge in [0.2, 0.25) is 0 Å². The van der Waals surface area contributed by atoms with E-state index in [0.717, 1.165) is 4.31 Å². The van der Waals surface area contributed by atoms with Crippen LogP contribution in [0.2, 0.25) is 5.02 Å². The van der Waals surface area contributed by atoms with Crippen molar-refractivity contribution in [2.75, 3.05) is 23.3 Å². The number of halogens is 1. The molecule has 0 aliphatic rings. The summed E-state index contributed by atoms with van der Waals surface area (Å²) in [4.78, 5) is 15.9. The van der Waals surface area contributed by atoms with E-state index in [9.17, 15) is 13.2 Å². The summed E-state index contributed by atoms with van der Waals surface area (Å²) in [5.41, 5.74) is 1.08. The van der Waals surface area contributed by atoms with Crippen molar-refractivity contribution in [3.63, 3.8) is 0 Å². The molecule has 0 aliphatic heterocycles. The third kappa shape index (κ3) is 5.24. The first-order valence-corrected chi connectivity index (χ1v) is 10.4. The van der Waals surface area contributed by atoms with Gasteiger partial charge in [0.1, 0.15) is 5.75 Å². The number of sulfonamides is 1. The highest BCUT2D eigenvalue weighted by molar-refractivity contribution is 7.92. The number of nitrogens with one attached hydrogen (secondary N) is 1. The van der Waals surface area contributed by atoms with Gasteiger partial charge in [-0.1, -0.05) is 29.8 Å². The number of pyridine rings is 1. The number of amides is 1. The minimum absolute atomic E-state index is 0.0408. The van der Waals surface area contributed by atoms with Gasteiger partial charge in [0.15, 0.2) is 6.61 Å². The summed E-state index contributed by atoms with van der Waals surface area (Å²) in [7, 11) is -2.41. The number of benzene rings is 2. The molecule has 0 unspecified atom stereocenters. The maximum atomic E-state index is 12.9. The monoisotopic (exact) mass is 431 g/mol. The summed E-state index contributed by atoms with van der Waals surface area (Å²) in [6.07, 6.45) is 3.10. The van der Waals surface area contributed by atoms with Crippen molar-refractivity contribution in [1.82, 2.24) is 4.98 Å². The molecule has 0 atom stereocenters. The molecule has 0 fully saturated rings. The van der Waals surface area contributed by atoms with Crippen molar-refractivity contribution >= 4 is 38.9 Å². The third-order valence-electron chi connectivity index (χ3n) is 3.96. The number of anilines is 2. The van der Waals surface area contributed by atoms with Crippen LogP contribution in [0.1, 0.15) is 0 Å². The lowest BCUT2D eigenvalue weighted by atomic mass is 10.3. The van der Waals surface area contributed by atoms with Gasteiger partial charge >= 0.3 is 0 Å². The summed E-state index contributed by atoms with van der Waals surface area (Å²) in [5.74, 6) is -0.232. The van der Waals surface area contributed by atoms with E-state index in [1.165, 1.54) is 25.2 Å². The Morgan fingerprint density at radius 1 is 1.10 bits per heavy atom. The molecule has 0 aliphatic carbocycles. The summed E-state index contributed by atoms with van der Waals surface area (Å²) in [6, 6.07) is 16.1. The highest BCUT2D eigenvalue weighted by atomic mass is 35.5. The Bertz CT molecular complexity index is 1090. The number of ether oxygens (including phenoxy) is 1. The van der Waals surface area contributed by atoms with E-state index < -0.39 is 15.9 Å². The summed E-state index contributed by atoms with van der Waals surface area (Å²) >= 11 is 6.08. The first-order valence-electron chi connectivity index (χ1n) is 8.53. The number of carbonyl (C=O) groups excluding carboxylic acids is 1. The number of hydrogen-bond donors (Lipinski definition) is 1. The van der Waals surface area contributed by atoms with Crippen molar-refractivity contribution in [2.45, 2.75) is 4.90 Å². The SMILES string of the molecule is CN(c1ccccc1)S(=O)(=O)c1cc(Cl)cc(OCC(=O)Nc2ccncc2)c1. The molecule has 1 amide bonds. The maximum absolute atomic E-state index is 12.9. The molecular weight excluding hydrogens is 414 g/mol. The quantitative estimate of drug-likeness (QED) is 0.617. The number of rotatable bonds is 7. The van der Waals surface area contributed by atoms with Crippen LogP contribution in [-0.2, 0) is 14.8 Å². The second kappa shape index (κ2) is 8.93. The van der Waals surface area contributed by atoms with Gasteiger partial charge in [-0.2, -0.15) is 0 Å². The zero-order chi connectivity index (χ0) is 20.9. The highest BCUT2D eigenvalue weighted by Crippen LogP contribution is 2.28. The molecule has 0 saturated carbocycles. The van der Waals surface area contributed by atoms with E-state index in [1.807, 2.05) is 0 Å². The second-order valence-corrected chi connectivity index (χ2v) is 8.41. The highest BCUT2D eigenvalue weighted by Gasteiger charge is 2.22. The summed E-state index contributed by atoms with van der Waals surface area (Å²) in [5, 5.41) is 2.83. The molecule has 0 saturated heterocycles. The number of para-hydroxylation sites is 1. The fourth-order valence-electron chi connectivity index (χ4n) is 2.49. The molecule has 9 heteroatoms. The van der Waals surface area contributed by atoms with Crippen LogP contribution in [0, 0.1) is 0 Å². The van der Waals surface area contributed by atoms with Crippen molar-refractivity contribution < 1.29 is 17.9 Å². The molecule has 150 valence electrons. The lowest BCUT2D eigenvalue weighted by molar-refractivity contribution is -0.118. The Balaban J connectivity index is 1.75. The van der Waals surface area contributed by atoms with E-state index in [2.05, 4.69) is 10.3 Å². The molecule has 0 radical (unpaired) electrons. The molecule has 7 nitrogen and oxygen atoms in total. The van der Waals surface area contributed by atoms with Gasteiger partial charge in [-0.3, -0.25) is 14.1 Å². The Morgan fingerprint density at radius 2 is 1.79 bits per heavy atom. The van der Waals surface area contributed by atoms with E-state index >= 15 is 0 Å². The lowest BCUT2D eigenvalue weighted by Crippen LogP contribution is -2.26. The van der Waals surface area contributed by atoms with Crippen LogP contribution in [0.5, 0.6) is 5.75 Å². The average molecular weight is 432 g/mol. The van der Waals surface area contributed by atoms with E-state index in [1.54, 1.807) is 54.9 Å². The summed E-state index contributed by atoms with van der Waals surface area (Å²) < 4.78 is 32.5. The minimum atomic E-state index is -3.86. The Kier molecular flexibility index (Phi) is 6.36. The summed E-state index contributed by atoms with van der Waals surface area (Å²) in [6.45, 7) is -0.309. The molecule has 1 N–H and O–H groups in total. The molecule has 29 heavy (non-hydrogen) atoms. The smallest absolute Gasteiger partial charge is 0.264 e. The van der Waals surface area contributed by atoms with Gasteiger partial charge in [-0.05, 0) is 36.4 Å². The fourth-order valence-corrected chi connectivity index (χ4v) is 4.03. The van der Waals surface area contributed by atoms with Crippen LogP contribution in [0.25, 0.3) is 0 Å². The van der Waals surface area contributed by atoms with E-state index in [-0.39, 0.29) is 22.3 Å². The predicted molar refractivity (Wildman–Crippen MR) is 112 cm³/mol. The van der Waals surface area contributed by atoms with Crippen LogP contribution in [0.4, 0.5) is 11.4 Å². The Hall–Kier alpha value is -3.10. The van der Waals surface area contributed by atoms with Gasteiger partial charge in [-0.15, -0.1) is 0 Å². The van der Waals surface area contributed by atoms with Crippen LogP contribution in [0.15, 0.2) is 78.0 Å². The molecule has 1 aromatic heterocycles. The molecule has 3 aromatic rings. The number of nitrogens with zero attached hydrogens (tertiary/aromatic N) is 2. The van der Waals surface area contributed by atoms with E-state index in [0.29, 0.717) is 11.4 Å². The number of hydrogen-bond acceptors (Lipinski definition) is 5. The third-order valence-corrected chi connectivity index (χ3v) is 5.94. The molecule has 2 aromatic carbocycles. The zero-order valence-electron chi connectivity index (χ0n) is 15.4. The first-order chi connectivity index (χ1) is 13.9. The van der Waals surface area contributed by atoms with Crippen molar-refractivity contribution in [1.29, 1.82) is 0 Å². The number of aromatic nitrogens is 1. The molecule has 0 bridgehead atoms. The Labute approximate surface area is 174 Å². The first kappa shape index (κ1) is 20.6. The normalized spacial score (nSPS) is 11.0. The van der Waals surface area contributed by atoms with Crippen molar-refractivity contribution in [3.05, 3.63) is 78.1 Å². The van der Waals surface area contributed by atoms with Crippen molar-refractivity contribution in [2.24, 2.45) is 0 Å². The van der Waals surface area contributed by atoms with Crippen LogP contribution in [0.3, 0.4) is 0 Å². The van der Waals surface area contributed by atoms with Gasteiger partial charge in [0.25, 0.3) is 15.9 Å². The van der Waals surface area contributed by atoms with E-state index in [4.69, 9.17) is 16.3 Å². The second-order valence-electron chi connectivity index (χ2n) is 6.00. The fraction of sp³-hybridized carbons (Fsp3) is 0.100. The molecular formula is C20H18ClN3O4S. The number of carbonyl (C=O) groups is 1. The lowest BCUT2D eigenvalue weighted by Gasteiger charge is -2.20. The molecule has 0 spiro atoms. The standard InChI is InChI=1S/C20H18ClN3O4S/c1-24(17-5-3-2-4-6-17)29(26,27)19-12-15(21)11-18(13-19)28-14-20(25)23-16-7-9-22-10-8-16/h2-13H,14H2,1H3,(H,22,23,25). The zero-order valence-corrected chi connectivity index (χ0v) is 17.0. The van der Waals surface area contributed by atoms with Gasteiger partial charge in [0, 0.05) is 36.2 Å². The maximum Gasteiger partial charge on any atom is 0.264 e. The molecule has 1 heterocycles. The van der Waals surface area contributed by atoms with Gasteiger partial charge in [0.05, 0.1) is 10.6 Å². The Morgan fingerprint density at radius 3 is 2.48 bits per heavy atom. The molecule has 3 rings (SSSR count). The minimum Gasteiger partial charge on any atom is -0.484 e. The van der Waals surface area contributed by atoms with Crippen LogP contribution < -0.4 is 14.4 Å². The average Bonchev–Trinajstić information content (AvgIpc) is 2.72. The topological polar surface area (TPSA) is 88.6 Å². The van der Waals surface area contributed by atoms with Crippen LogP contribution >= 0.6 is 11.6 Å². The predicted octanol–water partition coefficient (Wildman–Crippen LogP) is 3.58. The largest absolute Gasteiger partial charge is 0.484 e. The van der Waals surface area contributed by atoms with Gasteiger partial charge < -0.3 is 10.1 Å². The van der Waals surface area contributed by atoms with Crippen LogP contribution in [-0.4, -0.2) is 33.0 Å².